The third-order valence-electron chi connectivity index (χ3n) is 2.56. The van der Waals surface area contributed by atoms with E-state index >= 15 is 0 Å². The molecule has 0 aromatic carbocycles. The highest BCUT2D eigenvalue weighted by Crippen LogP contribution is 2.23. The molecule has 0 aliphatic heterocycles. The third kappa shape index (κ3) is 2.46. The number of rotatable bonds is 3. The zero-order chi connectivity index (χ0) is 10.7. The van der Waals surface area contributed by atoms with Crippen molar-refractivity contribution >= 4 is 5.97 Å². The van der Waals surface area contributed by atoms with Gasteiger partial charge in [0.15, 0.2) is 5.69 Å². The van der Waals surface area contributed by atoms with Crippen LogP contribution in [0.5, 0.6) is 5.75 Å². The van der Waals surface area contributed by atoms with Crippen LogP contribution in [-0.2, 0) is 0 Å². The van der Waals surface area contributed by atoms with E-state index in [-0.39, 0.29) is 11.8 Å². The lowest BCUT2D eigenvalue weighted by atomic mass is 10.3. The van der Waals surface area contributed by atoms with E-state index in [4.69, 9.17) is 9.84 Å². The molecule has 2 rings (SSSR count). The first-order valence-corrected chi connectivity index (χ1v) is 5.12. The van der Waals surface area contributed by atoms with Gasteiger partial charge in [-0.25, -0.2) is 9.78 Å². The minimum Gasteiger partial charge on any atom is -0.490 e. The molecule has 4 nitrogen and oxygen atoms in total. The smallest absolute Gasteiger partial charge is 0.354 e. The van der Waals surface area contributed by atoms with E-state index in [1.165, 1.54) is 25.1 Å². The van der Waals surface area contributed by atoms with Gasteiger partial charge in [-0.2, -0.15) is 0 Å². The summed E-state index contributed by atoms with van der Waals surface area (Å²) >= 11 is 0. The molecule has 0 unspecified atom stereocenters. The normalized spacial score (nSPS) is 16.5. The molecule has 1 aromatic heterocycles. The largest absolute Gasteiger partial charge is 0.490 e. The number of carbonyl (C=O) groups is 1. The lowest BCUT2D eigenvalue weighted by molar-refractivity contribution is 0.0689. The van der Waals surface area contributed by atoms with Crippen molar-refractivity contribution in [3.63, 3.8) is 0 Å². The Kier molecular flexibility index (Phi) is 2.85. The van der Waals surface area contributed by atoms with Gasteiger partial charge in [-0.05, 0) is 31.7 Å². The molecular formula is C11H13NO3. The molecule has 0 radical (unpaired) electrons. The van der Waals surface area contributed by atoms with Gasteiger partial charge in [0.2, 0.25) is 0 Å². The van der Waals surface area contributed by atoms with Crippen molar-refractivity contribution in [2.45, 2.75) is 31.8 Å². The summed E-state index contributed by atoms with van der Waals surface area (Å²) in [6.07, 6.45) is 6.22. The third-order valence-corrected chi connectivity index (χ3v) is 2.56. The molecule has 15 heavy (non-hydrogen) atoms. The molecule has 0 amide bonds. The summed E-state index contributed by atoms with van der Waals surface area (Å²) in [5.74, 6) is -0.416. The van der Waals surface area contributed by atoms with Gasteiger partial charge >= 0.3 is 5.97 Å². The number of nitrogens with zero attached hydrogens (tertiary/aromatic N) is 1. The zero-order valence-electron chi connectivity index (χ0n) is 8.35. The number of carboxylic acids is 1. The topological polar surface area (TPSA) is 59.4 Å². The second-order valence-corrected chi connectivity index (χ2v) is 3.71. The molecule has 1 aromatic rings. The van der Waals surface area contributed by atoms with Gasteiger partial charge in [0.25, 0.3) is 0 Å². The lowest BCUT2D eigenvalue weighted by Crippen LogP contribution is -2.11. The number of ether oxygens (including phenoxy) is 1. The van der Waals surface area contributed by atoms with Gasteiger partial charge < -0.3 is 9.84 Å². The van der Waals surface area contributed by atoms with Gasteiger partial charge in [0, 0.05) is 12.3 Å². The van der Waals surface area contributed by atoms with Crippen LogP contribution < -0.4 is 4.74 Å². The minimum absolute atomic E-state index is 0.0329. The van der Waals surface area contributed by atoms with Gasteiger partial charge in [-0.15, -0.1) is 0 Å². The number of pyridine rings is 1. The molecule has 1 aliphatic rings. The van der Waals surface area contributed by atoms with Crippen molar-refractivity contribution < 1.29 is 14.6 Å². The highest BCUT2D eigenvalue weighted by molar-refractivity contribution is 5.85. The minimum atomic E-state index is -1.02. The van der Waals surface area contributed by atoms with Crippen LogP contribution >= 0.6 is 0 Å². The van der Waals surface area contributed by atoms with Crippen molar-refractivity contribution in [1.29, 1.82) is 0 Å². The molecular weight excluding hydrogens is 194 g/mol. The van der Waals surface area contributed by atoms with Gasteiger partial charge in [-0.3, -0.25) is 0 Å². The standard InChI is InChI=1S/C11H13NO3/c13-11(14)10-7-9(5-6-12-10)15-8-3-1-2-4-8/h5-8H,1-4H2,(H,13,14). The predicted molar refractivity (Wildman–Crippen MR) is 54.1 cm³/mol. The number of aromatic carboxylic acids is 1. The number of carboxylic acid groups (broad SMARTS) is 1. The van der Waals surface area contributed by atoms with E-state index in [9.17, 15) is 4.79 Å². The van der Waals surface area contributed by atoms with Crippen LogP contribution in [0.15, 0.2) is 18.3 Å². The summed E-state index contributed by atoms with van der Waals surface area (Å²) in [5, 5.41) is 8.75. The van der Waals surface area contributed by atoms with Crippen molar-refractivity contribution in [1.82, 2.24) is 4.98 Å². The van der Waals surface area contributed by atoms with Gasteiger partial charge in [-0.1, -0.05) is 0 Å². The van der Waals surface area contributed by atoms with Crippen LogP contribution in [0.2, 0.25) is 0 Å². The predicted octanol–water partition coefficient (Wildman–Crippen LogP) is 2.10. The van der Waals surface area contributed by atoms with E-state index in [0.29, 0.717) is 5.75 Å². The fraction of sp³-hybridized carbons (Fsp3) is 0.455. The summed E-state index contributed by atoms with van der Waals surface area (Å²) in [7, 11) is 0. The second kappa shape index (κ2) is 4.29. The van der Waals surface area contributed by atoms with E-state index < -0.39 is 5.97 Å². The van der Waals surface area contributed by atoms with Crippen molar-refractivity contribution in [3.8, 4) is 5.75 Å². The molecule has 0 bridgehead atoms. The first-order chi connectivity index (χ1) is 7.25. The molecule has 1 aliphatic carbocycles. The Labute approximate surface area is 87.9 Å². The Hall–Kier alpha value is -1.58. The molecule has 0 spiro atoms. The lowest BCUT2D eigenvalue weighted by Gasteiger charge is -2.12. The highest BCUT2D eigenvalue weighted by atomic mass is 16.5. The van der Waals surface area contributed by atoms with Crippen molar-refractivity contribution in [2.24, 2.45) is 0 Å². The Morgan fingerprint density at radius 1 is 1.47 bits per heavy atom. The summed E-state index contributed by atoms with van der Waals surface area (Å²) in [6, 6.07) is 3.17. The fourth-order valence-electron chi connectivity index (χ4n) is 1.80. The second-order valence-electron chi connectivity index (χ2n) is 3.71. The van der Waals surface area contributed by atoms with Crippen LogP contribution in [0.4, 0.5) is 0 Å². The molecule has 1 heterocycles. The Balaban J connectivity index is 2.07. The SMILES string of the molecule is O=C(O)c1cc(OC2CCCC2)ccn1. The molecule has 1 N–H and O–H groups in total. The monoisotopic (exact) mass is 207 g/mol. The molecule has 0 saturated heterocycles. The number of hydrogen-bond donors (Lipinski definition) is 1. The maximum absolute atomic E-state index is 10.7. The van der Waals surface area contributed by atoms with Crippen molar-refractivity contribution in [2.75, 3.05) is 0 Å². The summed E-state index contributed by atoms with van der Waals surface area (Å²) in [4.78, 5) is 14.4. The first-order valence-electron chi connectivity index (χ1n) is 5.12. The van der Waals surface area contributed by atoms with Gasteiger partial charge in [0.05, 0.1) is 6.10 Å². The van der Waals surface area contributed by atoms with Crippen molar-refractivity contribution in [3.05, 3.63) is 24.0 Å². The average molecular weight is 207 g/mol. The number of aromatic nitrogens is 1. The summed E-state index contributed by atoms with van der Waals surface area (Å²) < 4.78 is 5.66. The van der Waals surface area contributed by atoms with Crippen LogP contribution in [0.25, 0.3) is 0 Å². The van der Waals surface area contributed by atoms with Gasteiger partial charge in [0.1, 0.15) is 5.75 Å². The van der Waals surface area contributed by atoms with E-state index in [1.54, 1.807) is 6.07 Å². The van der Waals surface area contributed by atoms with Crippen LogP contribution in [0, 0.1) is 0 Å². The summed E-state index contributed by atoms with van der Waals surface area (Å²) in [5.41, 5.74) is 0.0329. The van der Waals surface area contributed by atoms with E-state index in [0.717, 1.165) is 12.8 Å². The quantitative estimate of drug-likeness (QED) is 0.824. The maximum atomic E-state index is 10.7. The molecule has 1 saturated carbocycles. The first kappa shape index (κ1) is 9.96. The maximum Gasteiger partial charge on any atom is 0.354 e. The average Bonchev–Trinajstić information content (AvgIpc) is 2.71. The zero-order valence-corrected chi connectivity index (χ0v) is 8.35. The summed E-state index contributed by atoms with van der Waals surface area (Å²) in [6.45, 7) is 0. The fourth-order valence-corrected chi connectivity index (χ4v) is 1.80. The van der Waals surface area contributed by atoms with E-state index in [2.05, 4.69) is 4.98 Å². The Morgan fingerprint density at radius 3 is 2.87 bits per heavy atom. The van der Waals surface area contributed by atoms with Crippen LogP contribution in [0.3, 0.4) is 0 Å². The molecule has 0 atom stereocenters. The number of hydrogen-bond acceptors (Lipinski definition) is 3. The van der Waals surface area contributed by atoms with E-state index in [1.807, 2.05) is 0 Å². The Morgan fingerprint density at radius 2 is 2.20 bits per heavy atom. The van der Waals surface area contributed by atoms with Crippen LogP contribution in [0.1, 0.15) is 36.2 Å². The molecule has 1 fully saturated rings. The molecule has 4 heteroatoms. The Bertz CT molecular complexity index is 359. The van der Waals surface area contributed by atoms with Crippen LogP contribution in [-0.4, -0.2) is 22.2 Å². The highest BCUT2D eigenvalue weighted by Gasteiger charge is 2.17. The molecule has 80 valence electrons.